The average Bonchev–Trinajstić information content (AvgIpc) is 2.98. The molecule has 2 aliphatic rings. The first-order valence-electron chi connectivity index (χ1n) is 13.7. The van der Waals surface area contributed by atoms with Crippen molar-refractivity contribution in [2.24, 2.45) is 0 Å². The third-order valence-electron chi connectivity index (χ3n) is 7.85. The second kappa shape index (κ2) is 12.2. The lowest BCUT2D eigenvalue weighted by Gasteiger charge is -2.43. The van der Waals surface area contributed by atoms with Gasteiger partial charge in [-0.2, -0.15) is 0 Å². The summed E-state index contributed by atoms with van der Waals surface area (Å²) in [6, 6.07) is 18.9. The van der Waals surface area contributed by atoms with E-state index < -0.39 is 0 Å². The molecule has 3 aromatic rings. The topological polar surface area (TPSA) is 91.8 Å². The molecule has 2 aromatic carbocycles. The number of carbonyl (C=O) groups excluding carboxylic acids is 3. The lowest BCUT2D eigenvalue weighted by molar-refractivity contribution is -0.132. The van der Waals surface area contributed by atoms with Crippen molar-refractivity contribution < 1.29 is 19.1 Å². The molecule has 4 amide bonds. The Labute approximate surface area is 242 Å². The fourth-order valence-electron chi connectivity index (χ4n) is 5.66. The normalized spacial score (nSPS) is 17.1. The minimum absolute atomic E-state index is 0.0967. The molecule has 208 valence electrons. The molecular weight excluding hydrogens is 572 g/mol. The minimum atomic E-state index is -0.286. The summed E-state index contributed by atoms with van der Waals surface area (Å²) in [6.07, 6.45) is 7.15. The summed E-state index contributed by atoms with van der Waals surface area (Å²) < 4.78 is 6.92. The summed E-state index contributed by atoms with van der Waals surface area (Å²) in [7, 11) is 1.55. The molecule has 1 aliphatic carbocycles. The van der Waals surface area contributed by atoms with Gasteiger partial charge in [0.15, 0.2) is 0 Å². The number of ether oxygens (including phenoxy) is 1. The molecule has 8 nitrogen and oxygen atoms in total. The van der Waals surface area contributed by atoms with Crippen LogP contribution in [0.1, 0.15) is 60.1 Å². The summed E-state index contributed by atoms with van der Waals surface area (Å²) in [6.45, 7) is 1.22. The van der Waals surface area contributed by atoms with Gasteiger partial charge in [0.25, 0.3) is 5.91 Å². The molecule has 9 heteroatoms. The average molecular weight is 606 g/mol. The van der Waals surface area contributed by atoms with Gasteiger partial charge >= 0.3 is 6.03 Å². The lowest BCUT2D eigenvalue weighted by atomic mass is 9.69. The van der Waals surface area contributed by atoms with Gasteiger partial charge in [-0.15, -0.1) is 0 Å². The Morgan fingerprint density at radius 2 is 1.73 bits per heavy atom. The third-order valence-corrected chi connectivity index (χ3v) is 8.38. The zero-order chi connectivity index (χ0) is 28.1. The predicted octanol–water partition coefficient (Wildman–Crippen LogP) is 6.05. The SMILES string of the molecule is CNC(=O)c1cc(Oc2ccc(CN3CCC(=O)N(CC4(c5ccc(Br)cc5)CCCCC4)C3=O)cc2)ccn1. The second-order valence-electron chi connectivity index (χ2n) is 10.5. The van der Waals surface area contributed by atoms with Crippen molar-refractivity contribution >= 4 is 33.8 Å². The van der Waals surface area contributed by atoms with Gasteiger partial charge in [-0.05, 0) is 54.3 Å². The van der Waals surface area contributed by atoms with Crippen molar-refractivity contribution in [1.82, 2.24) is 20.1 Å². The first-order chi connectivity index (χ1) is 19.4. The minimum Gasteiger partial charge on any atom is -0.457 e. The van der Waals surface area contributed by atoms with Gasteiger partial charge in [-0.25, -0.2) is 4.79 Å². The van der Waals surface area contributed by atoms with Crippen LogP contribution in [0.25, 0.3) is 0 Å². The van der Waals surface area contributed by atoms with Crippen molar-refractivity contribution in [1.29, 1.82) is 0 Å². The van der Waals surface area contributed by atoms with Crippen molar-refractivity contribution in [2.45, 2.75) is 50.5 Å². The molecule has 0 radical (unpaired) electrons. The van der Waals surface area contributed by atoms with E-state index in [2.05, 4.69) is 38.4 Å². The molecule has 1 saturated heterocycles. The van der Waals surface area contributed by atoms with Crippen molar-refractivity contribution in [3.63, 3.8) is 0 Å². The molecule has 1 aliphatic heterocycles. The molecule has 1 saturated carbocycles. The molecule has 2 heterocycles. The fourth-order valence-corrected chi connectivity index (χ4v) is 5.92. The molecule has 0 bridgehead atoms. The van der Waals surface area contributed by atoms with Gasteiger partial charge in [0, 0.05) is 55.3 Å². The van der Waals surface area contributed by atoms with E-state index in [1.807, 2.05) is 36.4 Å². The van der Waals surface area contributed by atoms with E-state index >= 15 is 0 Å². The highest BCUT2D eigenvalue weighted by Gasteiger charge is 2.41. The predicted molar refractivity (Wildman–Crippen MR) is 155 cm³/mol. The smallest absolute Gasteiger partial charge is 0.327 e. The Morgan fingerprint density at radius 1 is 1.00 bits per heavy atom. The van der Waals surface area contributed by atoms with Crippen LogP contribution in [0, 0.1) is 0 Å². The molecule has 0 unspecified atom stereocenters. The van der Waals surface area contributed by atoms with Crippen LogP contribution in [0.15, 0.2) is 71.3 Å². The van der Waals surface area contributed by atoms with Gasteiger partial charge in [-0.1, -0.05) is 59.5 Å². The third kappa shape index (κ3) is 6.20. The van der Waals surface area contributed by atoms with Gasteiger partial charge < -0.3 is 15.0 Å². The van der Waals surface area contributed by atoms with E-state index in [1.54, 1.807) is 24.1 Å². The Kier molecular flexibility index (Phi) is 8.49. The zero-order valence-electron chi connectivity index (χ0n) is 22.6. The van der Waals surface area contributed by atoms with Gasteiger partial charge in [0.2, 0.25) is 5.91 Å². The number of amides is 4. The maximum Gasteiger partial charge on any atom is 0.327 e. The summed E-state index contributed by atoms with van der Waals surface area (Å²) in [5, 5.41) is 2.55. The van der Waals surface area contributed by atoms with E-state index in [1.165, 1.54) is 23.1 Å². The van der Waals surface area contributed by atoms with E-state index in [0.717, 1.165) is 35.7 Å². The Balaban J connectivity index is 1.27. The molecule has 40 heavy (non-hydrogen) atoms. The molecule has 5 rings (SSSR count). The number of pyridine rings is 1. The van der Waals surface area contributed by atoms with Crippen LogP contribution in [0.3, 0.4) is 0 Å². The van der Waals surface area contributed by atoms with Gasteiger partial charge in [-0.3, -0.25) is 19.5 Å². The summed E-state index contributed by atoms with van der Waals surface area (Å²) >= 11 is 3.53. The summed E-state index contributed by atoms with van der Waals surface area (Å²) in [5.41, 5.74) is 2.20. The lowest BCUT2D eigenvalue weighted by Crippen LogP contribution is -2.56. The van der Waals surface area contributed by atoms with Crippen LogP contribution < -0.4 is 10.1 Å². The van der Waals surface area contributed by atoms with Crippen LogP contribution >= 0.6 is 15.9 Å². The number of hydrogen-bond acceptors (Lipinski definition) is 5. The van der Waals surface area contributed by atoms with E-state index in [-0.39, 0.29) is 29.0 Å². The van der Waals surface area contributed by atoms with Gasteiger partial charge in [0.1, 0.15) is 17.2 Å². The van der Waals surface area contributed by atoms with Gasteiger partial charge in [0.05, 0.1) is 0 Å². The Bertz CT molecular complexity index is 1370. The molecule has 1 aromatic heterocycles. The highest BCUT2D eigenvalue weighted by molar-refractivity contribution is 9.10. The Morgan fingerprint density at radius 3 is 2.42 bits per heavy atom. The van der Waals surface area contributed by atoms with Crippen molar-refractivity contribution in [2.75, 3.05) is 20.1 Å². The number of benzene rings is 2. The van der Waals surface area contributed by atoms with Crippen LogP contribution in [-0.2, 0) is 16.8 Å². The van der Waals surface area contributed by atoms with E-state index in [9.17, 15) is 14.4 Å². The number of halogens is 1. The number of imide groups is 1. The van der Waals surface area contributed by atoms with Crippen LogP contribution in [0.4, 0.5) is 4.79 Å². The molecule has 0 atom stereocenters. The maximum absolute atomic E-state index is 13.6. The van der Waals surface area contributed by atoms with Crippen LogP contribution in [-0.4, -0.2) is 52.8 Å². The number of rotatable bonds is 8. The maximum atomic E-state index is 13.6. The number of nitrogens with one attached hydrogen (secondary N) is 1. The fraction of sp³-hybridized carbons (Fsp3) is 0.355. The van der Waals surface area contributed by atoms with Crippen LogP contribution in [0.5, 0.6) is 11.5 Å². The molecule has 1 N–H and O–H groups in total. The zero-order valence-corrected chi connectivity index (χ0v) is 24.2. The highest BCUT2D eigenvalue weighted by atomic mass is 79.9. The van der Waals surface area contributed by atoms with Crippen molar-refractivity contribution in [3.05, 3.63) is 88.2 Å². The summed E-state index contributed by atoms with van der Waals surface area (Å²) in [5.74, 6) is 0.726. The number of nitrogens with zero attached hydrogens (tertiary/aromatic N) is 3. The van der Waals surface area contributed by atoms with E-state index in [4.69, 9.17) is 4.74 Å². The first kappa shape index (κ1) is 27.8. The number of carbonyl (C=O) groups is 3. The standard InChI is InChI=1S/C31H33BrN4O4/c1-33-29(38)27-19-26(13-17-34-27)40-25-11-5-22(6-12-25)20-35-18-14-28(37)36(30(35)39)21-31(15-3-2-4-16-31)23-7-9-24(32)10-8-23/h5-13,17,19H,2-4,14-16,18,20-21H2,1H3,(H,33,38). The first-order valence-corrected chi connectivity index (χ1v) is 14.5. The number of hydrogen-bond donors (Lipinski definition) is 1. The highest BCUT2D eigenvalue weighted by Crippen LogP contribution is 2.41. The molecule has 0 spiro atoms. The quantitative estimate of drug-likeness (QED) is 0.338. The number of aromatic nitrogens is 1. The largest absolute Gasteiger partial charge is 0.457 e. The van der Waals surface area contributed by atoms with Crippen LogP contribution in [0.2, 0.25) is 0 Å². The number of urea groups is 1. The summed E-state index contributed by atoms with van der Waals surface area (Å²) in [4.78, 5) is 45.8. The molecule has 2 fully saturated rings. The second-order valence-corrected chi connectivity index (χ2v) is 11.4. The molecular formula is C31H33BrN4O4. The van der Waals surface area contributed by atoms with Crippen molar-refractivity contribution in [3.8, 4) is 11.5 Å². The van der Waals surface area contributed by atoms with E-state index in [0.29, 0.717) is 37.6 Å². The Hall–Kier alpha value is -3.72. The monoisotopic (exact) mass is 604 g/mol.